The minimum atomic E-state index is -1.38. The van der Waals surface area contributed by atoms with Crippen molar-refractivity contribution in [1.29, 1.82) is 0 Å². The zero-order chi connectivity index (χ0) is 18.9. The lowest BCUT2D eigenvalue weighted by atomic mass is 9.94. The minimum Gasteiger partial charge on any atom is -0.481 e. The predicted molar refractivity (Wildman–Crippen MR) is 102 cm³/mol. The number of aliphatic carboxylic acids is 2. The molecule has 1 aromatic carbocycles. The Morgan fingerprint density at radius 1 is 1.15 bits per heavy atom. The van der Waals surface area contributed by atoms with Crippen LogP contribution in [-0.2, 0) is 16.0 Å². The van der Waals surface area contributed by atoms with Crippen LogP contribution in [0.1, 0.15) is 48.1 Å². The number of hydrogen-bond donors (Lipinski definition) is 2. The molecule has 1 unspecified atom stereocenters. The molecule has 136 valence electrons. The molecule has 0 aliphatic heterocycles. The molecule has 1 atom stereocenters. The zero-order valence-corrected chi connectivity index (χ0v) is 15.5. The first-order valence-corrected chi connectivity index (χ1v) is 9.42. The summed E-state index contributed by atoms with van der Waals surface area (Å²) in [7, 11) is 0. The standard InChI is InChI=1S/C21H22O4S/c1-15(12-18(20(22)23)21(24)25)19-13-17(14-26-19)11-7-3-6-10-16-8-4-2-5-9-16/h2,4-5,8-9,13-15,18H,3,6,10,12H2,1H3,(H,22,23)(H,24,25). The highest BCUT2D eigenvalue weighted by atomic mass is 32.1. The molecule has 0 saturated heterocycles. The second kappa shape index (κ2) is 9.79. The van der Waals surface area contributed by atoms with Crippen LogP contribution in [0.5, 0.6) is 0 Å². The zero-order valence-electron chi connectivity index (χ0n) is 14.6. The van der Waals surface area contributed by atoms with Crippen LogP contribution < -0.4 is 0 Å². The van der Waals surface area contributed by atoms with Crippen LogP contribution in [0, 0.1) is 17.8 Å². The first kappa shape index (κ1) is 19.7. The number of carboxylic acids is 2. The number of carboxylic acid groups (broad SMARTS) is 2. The normalized spacial score (nSPS) is 11.6. The smallest absolute Gasteiger partial charge is 0.317 e. The van der Waals surface area contributed by atoms with E-state index in [1.165, 1.54) is 16.9 Å². The molecular weight excluding hydrogens is 348 g/mol. The van der Waals surface area contributed by atoms with Crippen LogP contribution in [0.25, 0.3) is 0 Å². The molecule has 0 saturated carbocycles. The third-order valence-electron chi connectivity index (χ3n) is 4.13. The van der Waals surface area contributed by atoms with Crippen molar-refractivity contribution in [3.8, 4) is 11.8 Å². The molecule has 2 aromatic rings. The van der Waals surface area contributed by atoms with E-state index in [1.807, 2.05) is 36.6 Å². The van der Waals surface area contributed by atoms with Gasteiger partial charge in [0.05, 0.1) is 0 Å². The highest BCUT2D eigenvalue weighted by molar-refractivity contribution is 7.10. The van der Waals surface area contributed by atoms with E-state index in [2.05, 4.69) is 24.0 Å². The lowest BCUT2D eigenvalue weighted by molar-refractivity contribution is -0.154. The van der Waals surface area contributed by atoms with Crippen molar-refractivity contribution in [1.82, 2.24) is 0 Å². The minimum absolute atomic E-state index is 0.0785. The summed E-state index contributed by atoms with van der Waals surface area (Å²) in [4.78, 5) is 23.0. The van der Waals surface area contributed by atoms with E-state index in [-0.39, 0.29) is 12.3 Å². The molecule has 1 aromatic heterocycles. The van der Waals surface area contributed by atoms with Crippen molar-refractivity contribution in [3.05, 3.63) is 57.8 Å². The molecule has 4 nitrogen and oxygen atoms in total. The molecule has 0 aliphatic rings. The molecule has 5 heteroatoms. The SMILES string of the molecule is CC(CC(C(=O)O)C(=O)O)c1cc(C#CCCCc2ccccc2)cs1. The molecule has 1 heterocycles. The summed E-state index contributed by atoms with van der Waals surface area (Å²) in [5, 5.41) is 19.9. The molecule has 2 N–H and O–H groups in total. The maximum Gasteiger partial charge on any atom is 0.317 e. The molecule has 0 fully saturated rings. The summed E-state index contributed by atoms with van der Waals surface area (Å²) < 4.78 is 0. The molecule has 0 aliphatic carbocycles. The van der Waals surface area contributed by atoms with E-state index in [4.69, 9.17) is 10.2 Å². The highest BCUT2D eigenvalue weighted by Crippen LogP contribution is 2.29. The van der Waals surface area contributed by atoms with E-state index in [9.17, 15) is 9.59 Å². The molecule has 26 heavy (non-hydrogen) atoms. The number of rotatable bonds is 8. The van der Waals surface area contributed by atoms with Crippen LogP contribution in [0.15, 0.2) is 41.8 Å². The average molecular weight is 370 g/mol. The largest absolute Gasteiger partial charge is 0.481 e. The number of hydrogen-bond acceptors (Lipinski definition) is 3. The molecular formula is C21H22O4S. The van der Waals surface area contributed by atoms with Gasteiger partial charge in [0, 0.05) is 22.2 Å². The van der Waals surface area contributed by atoms with Gasteiger partial charge in [0.2, 0.25) is 0 Å². The Morgan fingerprint density at radius 3 is 2.50 bits per heavy atom. The first-order chi connectivity index (χ1) is 12.5. The summed E-state index contributed by atoms with van der Waals surface area (Å²) in [6, 6.07) is 12.2. The van der Waals surface area contributed by atoms with Gasteiger partial charge in [-0.05, 0) is 36.8 Å². The molecule has 0 radical (unpaired) electrons. The van der Waals surface area contributed by atoms with E-state index < -0.39 is 17.9 Å². The van der Waals surface area contributed by atoms with Gasteiger partial charge < -0.3 is 10.2 Å². The Hall–Kier alpha value is -2.58. The Kier molecular flexibility index (Phi) is 7.43. The first-order valence-electron chi connectivity index (χ1n) is 8.54. The summed E-state index contributed by atoms with van der Waals surface area (Å²) >= 11 is 1.50. The third-order valence-corrected chi connectivity index (χ3v) is 5.30. The van der Waals surface area contributed by atoms with Crippen LogP contribution >= 0.6 is 11.3 Å². The number of carbonyl (C=O) groups is 2. The van der Waals surface area contributed by atoms with Gasteiger partial charge in [0.25, 0.3) is 0 Å². The van der Waals surface area contributed by atoms with Crippen molar-refractivity contribution in [2.45, 2.75) is 38.5 Å². The van der Waals surface area contributed by atoms with Gasteiger partial charge >= 0.3 is 11.9 Å². The van der Waals surface area contributed by atoms with Crippen molar-refractivity contribution in [3.63, 3.8) is 0 Å². The van der Waals surface area contributed by atoms with Gasteiger partial charge in [-0.3, -0.25) is 9.59 Å². The Labute approximate surface area is 157 Å². The maximum atomic E-state index is 11.0. The van der Waals surface area contributed by atoms with Gasteiger partial charge in [0.1, 0.15) is 0 Å². The van der Waals surface area contributed by atoms with Crippen molar-refractivity contribution >= 4 is 23.3 Å². The van der Waals surface area contributed by atoms with E-state index in [1.54, 1.807) is 0 Å². The number of thiophene rings is 1. The summed E-state index contributed by atoms with van der Waals surface area (Å²) in [5.74, 6) is 2.21. The predicted octanol–water partition coefficient (Wildman–Crippen LogP) is 4.40. The lowest BCUT2D eigenvalue weighted by Gasteiger charge is -2.12. The fraction of sp³-hybridized carbons (Fsp3) is 0.333. The second-order valence-corrected chi connectivity index (χ2v) is 7.19. The van der Waals surface area contributed by atoms with Crippen molar-refractivity contribution in [2.75, 3.05) is 0 Å². The second-order valence-electron chi connectivity index (χ2n) is 6.24. The summed E-state index contributed by atoms with van der Waals surface area (Å²) in [6.45, 7) is 1.85. The highest BCUT2D eigenvalue weighted by Gasteiger charge is 2.28. The van der Waals surface area contributed by atoms with Crippen LogP contribution in [0.2, 0.25) is 0 Å². The van der Waals surface area contributed by atoms with E-state index >= 15 is 0 Å². The van der Waals surface area contributed by atoms with Gasteiger partial charge in [0.15, 0.2) is 5.92 Å². The van der Waals surface area contributed by atoms with E-state index in [0.717, 1.165) is 29.7 Å². The van der Waals surface area contributed by atoms with Crippen molar-refractivity contribution in [2.24, 2.45) is 5.92 Å². The summed E-state index contributed by atoms with van der Waals surface area (Å²) in [6.07, 6.45) is 2.90. The van der Waals surface area contributed by atoms with Gasteiger partial charge in [-0.15, -0.1) is 11.3 Å². The number of benzene rings is 1. The quantitative estimate of drug-likeness (QED) is 0.410. The Morgan fingerprint density at radius 2 is 1.85 bits per heavy atom. The van der Waals surface area contributed by atoms with Crippen LogP contribution in [0.3, 0.4) is 0 Å². The molecule has 2 rings (SSSR count). The van der Waals surface area contributed by atoms with E-state index in [0.29, 0.717) is 0 Å². The topological polar surface area (TPSA) is 74.6 Å². The van der Waals surface area contributed by atoms with Crippen molar-refractivity contribution < 1.29 is 19.8 Å². The van der Waals surface area contributed by atoms with Gasteiger partial charge in [-0.25, -0.2) is 0 Å². The van der Waals surface area contributed by atoms with Crippen LogP contribution in [0.4, 0.5) is 0 Å². The summed E-state index contributed by atoms with van der Waals surface area (Å²) in [5.41, 5.74) is 2.21. The molecule has 0 spiro atoms. The monoisotopic (exact) mass is 370 g/mol. The third kappa shape index (κ3) is 6.05. The lowest BCUT2D eigenvalue weighted by Crippen LogP contribution is -2.24. The molecule has 0 amide bonds. The number of unbranched alkanes of at least 4 members (excludes halogenated alkanes) is 1. The van der Waals surface area contributed by atoms with Gasteiger partial charge in [-0.2, -0.15) is 0 Å². The average Bonchev–Trinajstić information content (AvgIpc) is 3.08. The van der Waals surface area contributed by atoms with Crippen LogP contribution in [-0.4, -0.2) is 22.2 Å². The maximum absolute atomic E-state index is 11.0. The van der Waals surface area contributed by atoms with Gasteiger partial charge in [-0.1, -0.05) is 49.1 Å². The fourth-order valence-electron chi connectivity index (χ4n) is 2.64. The molecule has 0 bridgehead atoms. The Balaban J connectivity index is 1.85. The number of aryl methyl sites for hydroxylation is 1. The Bertz CT molecular complexity index is 784. The fourth-order valence-corrected chi connectivity index (χ4v) is 3.56.